The predicted molar refractivity (Wildman–Crippen MR) is 84.4 cm³/mol. The molecule has 1 amide bonds. The Labute approximate surface area is 130 Å². The van der Waals surface area contributed by atoms with Gasteiger partial charge in [-0.15, -0.1) is 11.3 Å². The summed E-state index contributed by atoms with van der Waals surface area (Å²) in [6.45, 7) is 10.6. The summed E-state index contributed by atoms with van der Waals surface area (Å²) in [7, 11) is 0. The number of alkyl carbamates (subject to hydrolysis) is 1. The molecule has 1 aliphatic heterocycles. The lowest BCUT2D eigenvalue weighted by molar-refractivity contribution is 0.0519. The maximum absolute atomic E-state index is 11.7. The molecule has 1 saturated heterocycles. The van der Waals surface area contributed by atoms with Crippen molar-refractivity contribution < 1.29 is 9.53 Å². The van der Waals surface area contributed by atoms with E-state index in [1.807, 2.05) is 32.3 Å². The Morgan fingerprint density at radius 1 is 1.62 bits per heavy atom. The van der Waals surface area contributed by atoms with Gasteiger partial charge in [-0.25, -0.2) is 9.78 Å². The van der Waals surface area contributed by atoms with Crippen molar-refractivity contribution >= 4 is 17.4 Å². The minimum atomic E-state index is -0.439. The highest BCUT2D eigenvalue weighted by Gasteiger charge is 2.28. The van der Waals surface area contributed by atoms with Crippen LogP contribution in [0.1, 0.15) is 45.2 Å². The summed E-state index contributed by atoms with van der Waals surface area (Å²) in [5.41, 5.74) is -0.439. The number of aromatic nitrogens is 1. The van der Waals surface area contributed by atoms with Gasteiger partial charge >= 0.3 is 6.09 Å². The van der Waals surface area contributed by atoms with E-state index in [0.29, 0.717) is 18.5 Å². The summed E-state index contributed by atoms with van der Waals surface area (Å²) in [6.07, 6.45) is 2.63. The molecule has 0 aliphatic carbocycles. The fourth-order valence-electron chi connectivity index (χ4n) is 2.52. The van der Waals surface area contributed by atoms with Gasteiger partial charge in [-0.05, 0) is 46.6 Å². The molecule has 0 unspecified atom stereocenters. The molecule has 21 heavy (non-hydrogen) atoms. The Hall–Kier alpha value is -1.14. The van der Waals surface area contributed by atoms with Gasteiger partial charge in [0, 0.05) is 24.7 Å². The fraction of sp³-hybridized carbons (Fsp3) is 0.733. The Morgan fingerprint density at radius 3 is 3.00 bits per heavy atom. The lowest BCUT2D eigenvalue weighted by Gasteiger charge is -2.23. The van der Waals surface area contributed by atoms with Gasteiger partial charge in [-0.1, -0.05) is 0 Å². The molecule has 2 atom stereocenters. The second-order valence-corrected chi connectivity index (χ2v) is 7.50. The summed E-state index contributed by atoms with van der Waals surface area (Å²) < 4.78 is 5.26. The second-order valence-electron chi connectivity index (χ2n) is 6.58. The van der Waals surface area contributed by atoms with Crippen molar-refractivity contribution in [1.82, 2.24) is 15.2 Å². The van der Waals surface area contributed by atoms with Crippen LogP contribution in [0.2, 0.25) is 0 Å². The van der Waals surface area contributed by atoms with E-state index in [9.17, 15) is 4.79 Å². The molecule has 118 valence electrons. The molecular formula is C15H25N3O2S. The number of thiazole rings is 1. The average Bonchev–Trinajstić information content (AvgIpc) is 3.05. The van der Waals surface area contributed by atoms with Crippen LogP contribution < -0.4 is 5.32 Å². The molecular weight excluding hydrogens is 286 g/mol. The van der Waals surface area contributed by atoms with Crippen molar-refractivity contribution in [2.75, 3.05) is 19.6 Å². The number of likely N-dealkylation sites (tertiary alicyclic amines) is 1. The summed E-state index contributed by atoms with van der Waals surface area (Å²) in [5, 5.41) is 6.05. The zero-order valence-corrected chi connectivity index (χ0v) is 14.1. The normalized spacial score (nSPS) is 21.2. The first-order valence-corrected chi connectivity index (χ1v) is 8.33. The number of nitrogens with one attached hydrogen (secondary N) is 1. The van der Waals surface area contributed by atoms with E-state index in [4.69, 9.17) is 4.74 Å². The van der Waals surface area contributed by atoms with E-state index in [1.165, 1.54) is 0 Å². The smallest absolute Gasteiger partial charge is 0.407 e. The van der Waals surface area contributed by atoms with Crippen LogP contribution in [0.4, 0.5) is 4.79 Å². The summed E-state index contributed by atoms with van der Waals surface area (Å²) >= 11 is 1.70. The molecule has 1 aliphatic rings. The second kappa shape index (κ2) is 6.75. The lowest BCUT2D eigenvalue weighted by atomic mass is 10.1. The van der Waals surface area contributed by atoms with Crippen LogP contribution in [0.25, 0.3) is 0 Å². The Kier molecular flexibility index (Phi) is 5.22. The summed E-state index contributed by atoms with van der Waals surface area (Å²) in [5.74, 6) is 0.486. The van der Waals surface area contributed by atoms with Crippen LogP contribution in [0.15, 0.2) is 11.6 Å². The Bertz CT molecular complexity index is 456. The third kappa shape index (κ3) is 4.97. The number of nitrogens with zero attached hydrogens (tertiary/aromatic N) is 2. The third-order valence-electron chi connectivity index (χ3n) is 3.61. The standard InChI is InChI=1S/C15H25N3O2S/c1-11(13-16-6-8-21-13)18-7-5-12(10-18)9-17-14(19)20-15(2,3)4/h6,8,11-12H,5,7,9-10H2,1-4H3,(H,17,19)/t11-,12-/m1/s1. The molecule has 0 spiro atoms. The molecule has 0 radical (unpaired) electrons. The largest absolute Gasteiger partial charge is 0.444 e. The third-order valence-corrected chi connectivity index (χ3v) is 4.55. The average molecular weight is 311 g/mol. The summed E-state index contributed by atoms with van der Waals surface area (Å²) in [4.78, 5) is 18.5. The molecule has 1 N–H and O–H groups in total. The predicted octanol–water partition coefficient (Wildman–Crippen LogP) is 3.05. The van der Waals surface area contributed by atoms with E-state index in [-0.39, 0.29) is 6.09 Å². The van der Waals surface area contributed by atoms with Crippen molar-refractivity contribution in [2.45, 2.75) is 45.8 Å². The van der Waals surface area contributed by atoms with Crippen LogP contribution in [0.3, 0.4) is 0 Å². The number of hydrogen-bond donors (Lipinski definition) is 1. The van der Waals surface area contributed by atoms with Crippen molar-refractivity contribution in [3.8, 4) is 0 Å². The van der Waals surface area contributed by atoms with Crippen molar-refractivity contribution in [1.29, 1.82) is 0 Å². The highest BCUT2D eigenvalue weighted by Crippen LogP contribution is 2.28. The molecule has 1 aromatic heterocycles. The number of carbonyl (C=O) groups is 1. The van der Waals surface area contributed by atoms with Crippen molar-refractivity contribution in [3.05, 3.63) is 16.6 Å². The molecule has 5 nitrogen and oxygen atoms in total. The highest BCUT2D eigenvalue weighted by atomic mass is 32.1. The van der Waals surface area contributed by atoms with E-state index in [2.05, 4.69) is 22.1 Å². The van der Waals surface area contributed by atoms with Gasteiger partial charge in [0.05, 0.1) is 6.04 Å². The number of rotatable bonds is 4. The minimum Gasteiger partial charge on any atom is -0.444 e. The zero-order chi connectivity index (χ0) is 15.5. The molecule has 2 rings (SSSR count). The van der Waals surface area contributed by atoms with Gasteiger partial charge in [0.1, 0.15) is 10.6 Å². The first-order valence-electron chi connectivity index (χ1n) is 7.45. The maximum atomic E-state index is 11.7. The van der Waals surface area contributed by atoms with E-state index in [1.54, 1.807) is 11.3 Å². The minimum absolute atomic E-state index is 0.325. The van der Waals surface area contributed by atoms with Crippen molar-refractivity contribution in [3.63, 3.8) is 0 Å². The topological polar surface area (TPSA) is 54.5 Å². The van der Waals surface area contributed by atoms with E-state index < -0.39 is 5.60 Å². The quantitative estimate of drug-likeness (QED) is 0.928. The Morgan fingerprint density at radius 2 is 2.38 bits per heavy atom. The first-order chi connectivity index (χ1) is 9.85. The molecule has 0 saturated carbocycles. The van der Waals surface area contributed by atoms with Crippen LogP contribution in [0, 0.1) is 5.92 Å². The monoisotopic (exact) mass is 311 g/mol. The van der Waals surface area contributed by atoms with Crippen molar-refractivity contribution in [2.24, 2.45) is 5.92 Å². The van der Waals surface area contributed by atoms with Gasteiger partial charge in [0.25, 0.3) is 0 Å². The molecule has 1 fully saturated rings. The van der Waals surface area contributed by atoms with Crippen LogP contribution in [-0.4, -0.2) is 41.2 Å². The fourth-order valence-corrected chi connectivity index (χ4v) is 3.25. The first kappa shape index (κ1) is 16.2. The molecule has 0 aromatic carbocycles. The van der Waals surface area contributed by atoms with Crippen LogP contribution in [-0.2, 0) is 4.74 Å². The maximum Gasteiger partial charge on any atom is 0.407 e. The van der Waals surface area contributed by atoms with Crippen LogP contribution in [0.5, 0.6) is 0 Å². The molecule has 1 aromatic rings. The van der Waals surface area contributed by atoms with Gasteiger partial charge in [0.15, 0.2) is 0 Å². The molecule has 0 bridgehead atoms. The Balaban J connectivity index is 1.74. The number of carbonyl (C=O) groups excluding carboxylic acids is 1. The zero-order valence-electron chi connectivity index (χ0n) is 13.3. The SMILES string of the molecule is C[C@H](c1nccs1)N1CC[C@H](CNC(=O)OC(C)(C)C)C1. The molecule has 2 heterocycles. The van der Waals surface area contributed by atoms with Gasteiger partial charge < -0.3 is 10.1 Å². The van der Waals surface area contributed by atoms with E-state index in [0.717, 1.165) is 24.5 Å². The van der Waals surface area contributed by atoms with Gasteiger partial charge in [0.2, 0.25) is 0 Å². The number of amides is 1. The number of ether oxygens (including phenoxy) is 1. The van der Waals surface area contributed by atoms with Gasteiger partial charge in [-0.3, -0.25) is 4.90 Å². The number of hydrogen-bond acceptors (Lipinski definition) is 5. The summed E-state index contributed by atoms with van der Waals surface area (Å²) in [6, 6.07) is 0.358. The van der Waals surface area contributed by atoms with Crippen LogP contribution >= 0.6 is 11.3 Å². The molecule has 6 heteroatoms. The lowest BCUT2D eigenvalue weighted by Crippen LogP contribution is -2.36. The highest BCUT2D eigenvalue weighted by molar-refractivity contribution is 7.09. The van der Waals surface area contributed by atoms with E-state index >= 15 is 0 Å². The van der Waals surface area contributed by atoms with Gasteiger partial charge in [-0.2, -0.15) is 0 Å².